The number of hydrogen-bond donors (Lipinski definition) is 1. The van der Waals surface area contributed by atoms with Crippen LogP contribution in [0.4, 0.5) is 19.3 Å². The average molecular weight is 311 g/mol. The van der Waals surface area contributed by atoms with Gasteiger partial charge in [-0.05, 0) is 25.1 Å². The highest BCUT2D eigenvalue weighted by Crippen LogP contribution is 2.14. The molecule has 0 aliphatic carbocycles. The molecule has 0 bridgehead atoms. The van der Waals surface area contributed by atoms with E-state index < -0.39 is 11.6 Å². The summed E-state index contributed by atoms with van der Waals surface area (Å²) in [5.41, 5.74) is 0.272. The second-order valence-electron chi connectivity index (χ2n) is 5.59. The first kappa shape index (κ1) is 16.7. The van der Waals surface area contributed by atoms with Crippen LogP contribution >= 0.6 is 0 Å². The molecule has 0 saturated carbocycles. The number of benzene rings is 1. The van der Waals surface area contributed by atoms with Gasteiger partial charge in [0.1, 0.15) is 0 Å². The van der Waals surface area contributed by atoms with Gasteiger partial charge in [-0.2, -0.15) is 0 Å². The molecule has 1 aliphatic rings. The van der Waals surface area contributed by atoms with E-state index >= 15 is 0 Å². The number of carbonyl (C=O) groups excluding carboxylic acids is 1. The van der Waals surface area contributed by atoms with Gasteiger partial charge in [0, 0.05) is 37.9 Å². The van der Waals surface area contributed by atoms with E-state index in [-0.39, 0.29) is 11.7 Å². The Balaban J connectivity index is 1.78. The summed E-state index contributed by atoms with van der Waals surface area (Å²) in [7, 11) is 0. The van der Waals surface area contributed by atoms with E-state index in [1.54, 1.807) is 4.90 Å². The van der Waals surface area contributed by atoms with Crippen LogP contribution in [-0.2, 0) is 0 Å². The van der Waals surface area contributed by atoms with Gasteiger partial charge in [0.2, 0.25) is 0 Å². The Kier molecular flexibility index (Phi) is 6.12. The van der Waals surface area contributed by atoms with Crippen molar-refractivity contribution in [3.63, 3.8) is 0 Å². The molecule has 1 fully saturated rings. The molecule has 22 heavy (non-hydrogen) atoms. The second-order valence-corrected chi connectivity index (χ2v) is 5.59. The third-order valence-corrected chi connectivity index (χ3v) is 3.91. The third-order valence-electron chi connectivity index (χ3n) is 3.91. The molecular weight excluding hydrogens is 288 g/mol. The molecule has 6 heteroatoms. The van der Waals surface area contributed by atoms with E-state index in [1.165, 1.54) is 25.3 Å². The number of urea groups is 1. The van der Waals surface area contributed by atoms with Crippen molar-refractivity contribution < 1.29 is 13.6 Å². The molecule has 1 N–H and O–H groups in total. The zero-order chi connectivity index (χ0) is 15.9. The van der Waals surface area contributed by atoms with Crippen LogP contribution < -0.4 is 5.32 Å². The van der Waals surface area contributed by atoms with Crippen LogP contribution in [0.5, 0.6) is 0 Å². The zero-order valence-electron chi connectivity index (χ0n) is 12.9. The minimum Gasteiger partial charge on any atom is -0.322 e. The quantitative estimate of drug-likeness (QED) is 0.847. The van der Waals surface area contributed by atoms with Crippen LogP contribution in [0.2, 0.25) is 0 Å². The SMILES string of the molecule is CCCCCN1CCN(C(=O)Nc2ccc(F)c(F)c2)CC1. The van der Waals surface area contributed by atoms with Crippen LogP contribution in [0.15, 0.2) is 18.2 Å². The Labute approximate surface area is 130 Å². The number of carbonyl (C=O) groups is 1. The van der Waals surface area contributed by atoms with Gasteiger partial charge in [0.05, 0.1) is 0 Å². The van der Waals surface area contributed by atoms with Crippen LogP contribution in [-0.4, -0.2) is 48.6 Å². The van der Waals surface area contributed by atoms with Gasteiger partial charge in [-0.15, -0.1) is 0 Å². The molecule has 1 aromatic rings. The summed E-state index contributed by atoms with van der Waals surface area (Å²) in [5.74, 6) is -1.88. The molecular formula is C16H23F2N3O. The van der Waals surface area contributed by atoms with Gasteiger partial charge in [0.25, 0.3) is 0 Å². The molecule has 4 nitrogen and oxygen atoms in total. The fourth-order valence-electron chi connectivity index (χ4n) is 2.54. The largest absolute Gasteiger partial charge is 0.322 e. The van der Waals surface area contributed by atoms with Crippen LogP contribution in [0.3, 0.4) is 0 Å². The van der Waals surface area contributed by atoms with Crippen LogP contribution in [0, 0.1) is 11.6 Å². The number of amides is 2. The number of piperazine rings is 1. The first-order chi connectivity index (χ1) is 10.6. The summed E-state index contributed by atoms with van der Waals surface area (Å²) in [6.07, 6.45) is 3.63. The van der Waals surface area contributed by atoms with Crippen molar-refractivity contribution in [1.82, 2.24) is 9.80 Å². The smallest absolute Gasteiger partial charge is 0.321 e. The average Bonchev–Trinajstić information content (AvgIpc) is 2.52. The number of halogens is 2. The van der Waals surface area contributed by atoms with Gasteiger partial charge in [0.15, 0.2) is 11.6 Å². The topological polar surface area (TPSA) is 35.6 Å². The lowest BCUT2D eigenvalue weighted by Crippen LogP contribution is -2.50. The lowest BCUT2D eigenvalue weighted by atomic mass is 10.2. The first-order valence-corrected chi connectivity index (χ1v) is 7.83. The molecule has 0 spiro atoms. The molecule has 122 valence electrons. The second kappa shape index (κ2) is 8.08. The van der Waals surface area contributed by atoms with E-state index in [2.05, 4.69) is 17.1 Å². The summed E-state index contributed by atoms with van der Waals surface area (Å²) in [6, 6.07) is 3.10. The van der Waals surface area contributed by atoms with Gasteiger partial charge < -0.3 is 10.2 Å². The highest BCUT2D eigenvalue weighted by molar-refractivity contribution is 5.89. The first-order valence-electron chi connectivity index (χ1n) is 7.83. The Morgan fingerprint density at radius 3 is 2.50 bits per heavy atom. The predicted molar refractivity (Wildman–Crippen MR) is 82.9 cm³/mol. The van der Waals surface area contributed by atoms with Gasteiger partial charge in [-0.1, -0.05) is 19.8 Å². The Morgan fingerprint density at radius 2 is 1.86 bits per heavy atom. The molecule has 0 radical (unpaired) electrons. The molecule has 1 aromatic carbocycles. The van der Waals surface area contributed by atoms with Crippen molar-refractivity contribution in [2.45, 2.75) is 26.2 Å². The number of anilines is 1. The molecule has 0 unspecified atom stereocenters. The lowest BCUT2D eigenvalue weighted by molar-refractivity contribution is 0.146. The summed E-state index contributed by atoms with van der Waals surface area (Å²) < 4.78 is 26.0. The van der Waals surface area contributed by atoms with Crippen molar-refractivity contribution >= 4 is 11.7 Å². The van der Waals surface area contributed by atoms with Crippen molar-refractivity contribution in [3.8, 4) is 0 Å². The van der Waals surface area contributed by atoms with Crippen molar-refractivity contribution in [1.29, 1.82) is 0 Å². The number of unbranched alkanes of at least 4 members (excludes halogenated alkanes) is 2. The molecule has 1 saturated heterocycles. The summed E-state index contributed by atoms with van der Waals surface area (Å²) in [4.78, 5) is 16.2. The van der Waals surface area contributed by atoms with Crippen molar-refractivity contribution in [3.05, 3.63) is 29.8 Å². The Hall–Kier alpha value is -1.69. The number of nitrogens with one attached hydrogen (secondary N) is 1. The lowest BCUT2D eigenvalue weighted by Gasteiger charge is -2.34. The van der Waals surface area contributed by atoms with E-state index in [9.17, 15) is 13.6 Å². The molecule has 2 rings (SSSR count). The van der Waals surface area contributed by atoms with Crippen LogP contribution in [0.1, 0.15) is 26.2 Å². The van der Waals surface area contributed by atoms with E-state index in [0.717, 1.165) is 31.8 Å². The monoisotopic (exact) mass is 311 g/mol. The van der Waals surface area contributed by atoms with Crippen molar-refractivity contribution in [2.75, 3.05) is 38.0 Å². The summed E-state index contributed by atoms with van der Waals surface area (Å²) in [6.45, 7) is 6.28. The Morgan fingerprint density at radius 1 is 1.14 bits per heavy atom. The minimum atomic E-state index is -0.960. The zero-order valence-corrected chi connectivity index (χ0v) is 12.9. The highest BCUT2D eigenvalue weighted by atomic mass is 19.2. The Bertz CT molecular complexity index is 502. The number of nitrogens with zero attached hydrogens (tertiary/aromatic N) is 2. The summed E-state index contributed by atoms with van der Waals surface area (Å²) >= 11 is 0. The van der Waals surface area contributed by atoms with Gasteiger partial charge in [-0.25, -0.2) is 13.6 Å². The van der Waals surface area contributed by atoms with Crippen molar-refractivity contribution in [2.24, 2.45) is 0 Å². The molecule has 1 aliphatic heterocycles. The molecule has 0 atom stereocenters. The minimum absolute atomic E-state index is 0.265. The number of hydrogen-bond acceptors (Lipinski definition) is 2. The maximum absolute atomic E-state index is 13.1. The maximum atomic E-state index is 13.1. The molecule has 1 heterocycles. The maximum Gasteiger partial charge on any atom is 0.321 e. The van der Waals surface area contributed by atoms with E-state index in [1.807, 2.05) is 0 Å². The number of rotatable bonds is 5. The summed E-state index contributed by atoms with van der Waals surface area (Å²) in [5, 5.41) is 2.61. The standard InChI is InChI=1S/C16H23F2N3O/c1-2-3-4-7-20-8-10-21(11-9-20)16(22)19-13-5-6-14(17)15(18)12-13/h5-6,12H,2-4,7-11H2,1H3,(H,19,22). The molecule has 2 amide bonds. The van der Waals surface area contributed by atoms with E-state index in [4.69, 9.17) is 0 Å². The fourth-order valence-corrected chi connectivity index (χ4v) is 2.54. The van der Waals surface area contributed by atoms with Gasteiger partial charge in [-0.3, -0.25) is 4.90 Å². The van der Waals surface area contributed by atoms with Crippen LogP contribution in [0.25, 0.3) is 0 Å². The van der Waals surface area contributed by atoms with E-state index in [0.29, 0.717) is 13.1 Å². The highest BCUT2D eigenvalue weighted by Gasteiger charge is 2.20. The molecule has 0 aromatic heterocycles. The predicted octanol–water partition coefficient (Wildman–Crippen LogP) is 3.30. The third kappa shape index (κ3) is 4.66. The fraction of sp³-hybridized carbons (Fsp3) is 0.562. The van der Waals surface area contributed by atoms with Gasteiger partial charge >= 0.3 is 6.03 Å². The normalized spacial score (nSPS) is 15.9.